The molecule has 0 spiro atoms. The van der Waals surface area contributed by atoms with E-state index in [4.69, 9.17) is 46.6 Å². The molecule has 1 aliphatic carbocycles. The van der Waals surface area contributed by atoms with Crippen molar-refractivity contribution in [3.63, 3.8) is 0 Å². The third kappa shape index (κ3) is 24.9. The van der Waals surface area contributed by atoms with Gasteiger partial charge in [-0.05, 0) is 207 Å². The zero-order valence-electron chi connectivity index (χ0n) is 72.6. The van der Waals surface area contributed by atoms with E-state index < -0.39 is 0 Å². The van der Waals surface area contributed by atoms with E-state index in [1.807, 2.05) is 90.7 Å². The summed E-state index contributed by atoms with van der Waals surface area (Å²) in [5, 5.41) is 0. The van der Waals surface area contributed by atoms with E-state index in [0.717, 1.165) is 126 Å². The maximum absolute atomic E-state index is 6.39. The second kappa shape index (κ2) is 49.0. The summed E-state index contributed by atoms with van der Waals surface area (Å²) in [6.07, 6.45) is 30.2. The first kappa shape index (κ1) is 92.4. The van der Waals surface area contributed by atoms with Gasteiger partial charge in [-0.2, -0.15) is 8.75 Å². The summed E-state index contributed by atoms with van der Waals surface area (Å²) in [4.78, 5) is 20.5. The second-order valence-electron chi connectivity index (χ2n) is 32.1. The summed E-state index contributed by atoms with van der Waals surface area (Å²) in [5.41, 5.74) is 18.1. The molecule has 1 aliphatic rings. The largest absolute Gasteiger partial charge is 0.379 e. The summed E-state index contributed by atoms with van der Waals surface area (Å²) in [7, 11) is 0. The molecule has 0 N–H and O–H groups in total. The smallest absolute Gasteiger partial charge is 0.114 e. The molecule has 0 aliphatic heterocycles. The number of ether oxygens (including phenoxy) is 8. The molecule has 120 heavy (non-hydrogen) atoms. The van der Waals surface area contributed by atoms with Crippen LogP contribution in [0.4, 0.5) is 0 Å². The molecule has 0 atom stereocenters. The third-order valence-corrected chi connectivity index (χ3v) is 33.7. The normalized spacial score (nSPS) is 12.6. The van der Waals surface area contributed by atoms with Gasteiger partial charge in [0.05, 0.1) is 91.0 Å². The molecule has 644 valence electrons. The van der Waals surface area contributed by atoms with Crippen LogP contribution >= 0.6 is 102 Å². The number of hydrogen-bond donors (Lipinski definition) is 0. The van der Waals surface area contributed by atoms with Gasteiger partial charge in [-0.1, -0.05) is 192 Å². The molecule has 0 fully saturated rings. The van der Waals surface area contributed by atoms with E-state index in [1.165, 1.54) is 224 Å². The van der Waals surface area contributed by atoms with E-state index >= 15 is 0 Å². The molecule has 9 aromatic heterocycles. The fraction of sp³-hybridized carbons (Fsp3) is 0.505. The highest BCUT2D eigenvalue weighted by molar-refractivity contribution is 7.30. The van der Waals surface area contributed by atoms with Gasteiger partial charge in [0.2, 0.25) is 0 Å². The van der Waals surface area contributed by atoms with E-state index in [-0.39, 0.29) is 5.41 Å². The highest BCUT2D eigenvalue weighted by Gasteiger charge is 2.43. The van der Waals surface area contributed by atoms with Crippen LogP contribution in [0.3, 0.4) is 0 Å². The Morgan fingerprint density at radius 2 is 0.575 bits per heavy atom. The van der Waals surface area contributed by atoms with Crippen molar-refractivity contribution in [1.29, 1.82) is 0 Å². The number of nitrogens with zero attached hydrogens (tertiary/aromatic N) is 2. The summed E-state index contributed by atoms with van der Waals surface area (Å²) >= 11 is 16.5. The van der Waals surface area contributed by atoms with Crippen LogP contribution in [0.5, 0.6) is 0 Å². The average Bonchev–Trinajstić information content (AvgIpc) is 1.56. The standard InChI is InChI=1S/C101H128N2O8S9/c1-9-15-21-23-25-27-47-101(48-28-26-24-22-16-10-2)82-65-71(7)29-31-78(82)79-32-30-73(67-83(79)101)92-68-75(44-54-109-62-58-105-50-18-12-4)98(117-92)89-40-36-86(114-89)87-38-42-91(116-87)100-77(46-56-111-64-60-107-52-20-14-6)70-94(119-100)81-34-33-80(95-96(81)103-120-102-95)93-69-76(45-55-110-63-59-106-51-19-13-5)99(118-93)90-41-37-85(115-90)84-35-39-88(113-84)97-74(66-72(8)112-97)43-53-108-61-57-104-49-17-11-3/h29-42,65-70H,9-28,43-64H2,1-8H3. The maximum Gasteiger partial charge on any atom is 0.114 e. The molecule has 0 saturated heterocycles. The molecule has 0 unspecified atom stereocenters. The quantitative estimate of drug-likeness (QED) is 0.0343. The number of rotatable bonds is 59. The Morgan fingerprint density at radius 1 is 0.258 bits per heavy atom. The van der Waals surface area contributed by atoms with E-state index in [2.05, 4.69) is 177 Å². The van der Waals surface area contributed by atoms with Crippen molar-refractivity contribution >= 4 is 113 Å². The number of aromatic nitrogens is 2. The molecule has 13 rings (SSSR count). The van der Waals surface area contributed by atoms with Crippen LogP contribution in [-0.4, -0.2) is 114 Å². The van der Waals surface area contributed by atoms with Gasteiger partial charge >= 0.3 is 0 Å². The van der Waals surface area contributed by atoms with E-state index in [1.54, 1.807) is 11.1 Å². The first-order chi connectivity index (χ1) is 59.1. The topological polar surface area (TPSA) is 99.6 Å². The third-order valence-electron chi connectivity index (χ3n) is 22.9. The number of aryl methyl sites for hydroxylation is 2. The maximum atomic E-state index is 6.39. The summed E-state index contributed by atoms with van der Waals surface area (Å²) < 4.78 is 59.0. The van der Waals surface area contributed by atoms with Crippen LogP contribution in [0.25, 0.3) is 112 Å². The van der Waals surface area contributed by atoms with Crippen molar-refractivity contribution in [2.75, 3.05) is 106 Å². The van der Waals surface area contributed by atoms with Gasteiger partial charge in [-0.15, -0.1) is 90.7 Å². The molecule has 19 heteroatoms. The molecule has 0 radical (unpaired) electrons. The van der Waals surface area contributed by atoms with Crippen molar-refractivity contribution in [3.8, 4) is 101 Å². The zero-order chi connectivity index (χ0) is 83.1. The first-order valence-electron chi connectivity index (χ1n) is 45.1. The van der Waals surface area contributed by atoms with E-state index in [9.17, 15) is 0 Å². The predicted octanol–water partition coefficient (Wildman–Crippen LogP) is 31.1. The molecule has 0 bridgehead atoms. The minimum absolute atomic E-state index is 0.00665. The van der Waals surface area contributed by atoms with Gasteiger partial charge in [0, 0.05) is 121 Å². The van der Waals surface area contributed by atoms with Crippen LogP contribution in [0, 0.1) is 13.8 Å². The lowest BCUT2D eigenvalue weighted by Gasteiger charge is -2.33. The Hall–Kier alpha value is -5.24. The average molecular weight is 1790 g/mol. The van der Waals surface area contributed by atoms with Crippen molar-refractivity contribution < 1.29 is 37.9 Å². The van der Waals surface area contributed by atoms with Crippen LogP contribution in [-0.2, 0) is 69.0 Å². The van der Waals surface area contributed by atoms with Crippen molar-refractivity contribution in [2.24, 2.45) is 0 Å². The van der Waals surface area contributed by atoms with Crippen LogP contribution in [0.15, 0.2) is 121 Å². The highest BCUT2D eigenvalue weighted by atomic mass is 32.1. The Morgan fingerprint density at radius 3 is 0.975 bits per heavy atom. The fourth-order valence-corrected chi connectivity index (χ4v) is 26.4. The second-order valence-corrected chi connectivity index (χ2v) is 41.4. The summed E-state index contributed by atoms with van der Waals surface area (Å²) in [6, 6.07) is 47.9. The Kier molecular flexibility index (Phi) is 37.8. The SMILES string of the molecule is CCCCCCCCC1(CCCCCCCC)c2cc(C)ccc2-c2ccc(-c3cc(CCOCCOCCCC)c(-c4ccc(-c5ccc(-c6sc(-c7ccc(-c8cc(CCOCCOCCCC)c(-c9ccc(-c%10ccc(-c%11sc(C)cc%11CCOCCOCCCC)s%10)s9)s8)c8nsnc78)cc6CCOCCOCCCC)s5)s4)s3)cc21. The van der Waals surface area contributed by atoms with Gasteiger partial charge in [0.15, 0.2) is 0 Å². The lowest BCUT2D eigenvalue weighted by Crippen LogP contribution is -2.25. The summed E-state index contributed by atoms with van der Waals surface area (Å²) in [6.45, 7) is 28.5. The van der Waals surface area contributed by atoms with Crippen molar-refractivity contribution in [1.82, 2.24) is 8.75 Å². The van der Waals surface area contributed by atoms with Crippen LogP contribution in [0.2, 0.25) is 0 Å². The molecule has 0 saturated carbocycles. The molecule has 10 nitrogen and oxygen atoms in total. The zero-order valence-corrected chi connectivity index (χ0v) is 79.9. The molecule has 12 aromatic rings. The number of hydrogen-bond acceptors (Lipinski definition) is 19. The number of thiophene rings is 8. The molecule has 0 amide bonds. The van der Waals surface area contributed by atoms with Crippen LogP contribution < -0.4 is 0 Å². The first-order valence-corrected chi connectivity index (χ1v) is 52.4. The molecule has 3 aromatic carbocycles. The number of benzene rings is 3. The Balaban J connectivity index is 0.780. The van der Waals surface area contributed by atoms with Gasteiger partial charge < -0.3 is 37.9 Å². The van der Waals surface area contributed by atoms with Gasteiger partial charge in [0.1, 0.15) is 11.0 Å². The van der Waals surface area contributed by atoms with Crippen molar-refractivity contribution in [3.05, 3.63) is 165 Å². The molecule has 9 heterocycles. The van der Waals surface area contributed by atoms with Crippen molar-refractivity contribution in [2.45, 2.75) is 228 Å². The molecular weight excluding hydrogens is 1660 g/mol. The van der Waals surface area contributed by atoms with Gasteiger partial charge in [-0.25, -0.2) is 0 Å². The number of unbranched alkanes of at least 4 members (excludes halogenated alkanes) is 14. The minimum Gasteiger partial charge on any atom is -0.379 e. The lowest BCUT2D eigenvalue weighted by atomic mass is 9.70. The number of fused-ring (bicyclic) bond motifs is 4. The summed E-state index contributed by atoms with van der Waals surface area (Å²) in [5.74, 6) is 0. The minimum atomic E-state index is 0.00665. The predicted molar refractivity (Wildman–Crippen MR) is 522 cm³/mol. The van der Waals surface area contributed by atoms with Gasteiger partial charge in [0.25, 0.3) is 0 Å². The monoisotopic (exact) mass is 1780 g/mol. The molecular formula is C101H128N2O8S9. The van der Waals surface area contributed by atoms with Crippen LogP contribution in [0.1, 0.15) is 227 Å². The Bertz CT molecular complexity index is 5020. The fourth-order valence-electron chi connectivity index (χ4n) is 16.3. The lowest BCUT2D eigenvalue weighted by molar-refractivity contribution is 0.0479. The highest BCUT2D eigenvalue weighted by Crippen LogP contribution is 2.57. The Labute approximate surface area is 753 Å². The van der Waals surface area contributed by atoms with Gasteiger partial charge in [-0.3, -0.25) is 0 Å². The van der Waals surface area contributed by atoms with E-state index in [0.29, 0.717) is 79.3 Å².